The average molecular weight is 112 g/mol. The monoisotopic (exact) mass is 112 g/mol. The number of hydrogen-bond acceptors (Lipinski definition) is 2. The van der Waals surface area contributed by atoms with E-state index in [0.717, 1.165) is 12.1 Å². The third kappa shape index (κ3) is 0.565. The van der Waals surface area contributed by atoms with Gasteiger partial charge in [0.2, 0.25) is 0 Å². The highest BCUT2D eigenvalue weighted by Crippen LogP contribution is 2.28. The summed E-state index contributed by atoms with van der Waals surface area (Å²) in [5.74, 6) is 0. The molecule has 2 fully saturated rings. The van der Waals surface area contributed by atoms with Crippen LogP contribution in [0.2, 0.25) is 0 Å². The minimum Gasteiger partial charge on any atom is -0.311 e. The van der Waals surface area contributed by atoms with Gasteiger partial charge < -0.3 is 10.2 Å². The van der Waals surface area contributed by atoms with Gasteiger partial charge in [0, 0.05) is 25.2 Å². The zero-order valence-electron chi connectivity index (χ0n) is 5.22. The first-order valence-electron chi connectivity index (χ1n) is 3.31. The Morgan fingerprint density at radius 3 is 3.12 bits per heavy atom. The molecule has 1 saturated heterocycles. The Labute approximate surface area is 49.9 Å². The maximum Gasteiger partial charge on any atom is 0.0262 e. The summed E-state index contributed by atoms with van der Waals surface area (Å²) >= 11 is 0. The lowest BCUT2D eigenvalue weighted by Gasteiger charge is -2.21. The van der Waals surface area contributed by atoms with Gasteiger partial charge in [0.1, 0.15) is 0 Å². The average Bonchev–Trinajstić information content (AvgIpc) is 2.45. The second kappa shape index (κ2) is 1.45. The molecule has 0 bridgehead atoms. The topological polar surface area (TPSA) is 15.3 Å². The third-order valence-corrected chi connectivity index (χ3v) is 2.19. The van der Waals surface area contributed by atoms with Gasteiger partial charge in [-0.2, -0.15) is 0 Å². The molecule has 1 N–H and O–H groups in total. The van der Waals surface area contributed by atoms with Gasteiger partial charge in [-0.1, -0.05) is 0 Å². The summed E-state index contributed by atoms with van der Waals surface area (Å²) in [6.45, 7) is 2.43. The van der Waals surface area contributed by atoms with E-state index in [1.54, 1.807) is 0 Å². The first-order valence-corrected chi connectivity index (χ1v) is 3.31. The largest absolute Gasteiger partial charge is 0.311 e. The lowest BCUT2D eigenvalue weighted by atomic mass is 10.4. The van der Waals surface area contributed by atoms with Crippen LogP contribution in [0.4, 0.5) is 0 Å². The van der Waals surface area contributed by atoms with Crippen molar-refractivity contribution in [3.05, 3.63) is 0 Å². The molecule has 1 aliphatic carbocycles. The van der Waals surface area contributed by atoms with Crippen LogP contribution in [0.25, 0.3) is 0 Å². The predicted octanol–water partition coefficient (Wildman–Crippen LogP) is -0.338. The van der Waals surface area contributed by atoms with Crippen LogP contribution in [0.3, 0.4) is 0 Å². The van der Waals surface area contributed by atoms with Crippen LogP contribution in [0.1, 0.15) is 6.42 Å². The van der Waals surface area contributed by atoms with Crippen LogP contribution in [0.15, 0.2) is 0 Å². The van der Waals surface area contributed by atoms with E-state index in [-0.39, 0.29) is 0 Å². The first-order chi connectivity index (χ1) is 3.88. The summed E-state index contributed by atoms with van der Waals surface area (Å²) in [5.41, 5.74) is 0. The molecule has 0 aromatic carbocycles. The number of fused-ring (bicyclic) bond motifs is 1. The highest BCUT2D eigenvalue weighted by molar-refractivity contribution is 5.03. The Balaban J connectivity index is 1.99. The number of hydrogen-bond donors (Lipinski definition) is 1. The summed E-state index contributed by atoms with van der Waals surface area (Å²) in [7, 11) is 2.21. The van der Waals surface area contributed by atoms with Crippen molar-refractivity contribution in [2.24, 2.45) is 0 Å². The summed E-state index contributed by atoms with van der Waals surface area (Å²) in [4.78, 5) is 2.45. The van der Waals surface area contributed by atoms with Gasteiger partial charge in [-0.3, -0.25) is 0 Å². The molecule has 2 aliphatic rings. The SMILES string of the molecule is CN1CCN[C@H]2C[C@H]21. The predicted molar refractivity (Wildman–Crippen MR) is 32.8 cm³/mol. The van der Waals surface area contributed by atoms with Crippen LogP contribution < -0.4 is 5.32 Å². The zero-order chi connectivity index (χ0) is 5.56. The van der Waals surface area contributed by atoms with Gasteiger partial charge in [0.05, 0.1) is 0 Å². The molecule has 0 aromatic rings. The van der Waals surface area contributed by atoms with Gasteiger partial charge in [-0.25, -0.2) is 0 Å². The molecule has 2 nitrogen and oxygen atoms in total. The van der Waals surface area contributed by atoms with Crippen molar-refractivity contribution in [1.82, 2.24) is 10.2 Å². The molecule has 1 aliphatic heterocycles. The van der Waals surface area contributed by atoms with Gasteiger partial charge in [0.25, 0.3) is 0 Å². The van der Waals surface area contributed by atoms with Crippen molar-refractivity contribution in [3.8, 4) is 0 Å². The Morgan fingerprint density at radius 1 is 1.62 bits per heavy atom. The molecule has 1 saturated carbocycles. The van der Waals surface area contributed by atoms with Crippen molar-refractivity contribution in [2.45, 2.75) is 18.5 Å². The molecule has 0 amide bonds. The molecule has 0 aromatic heterocycles. The van der Waals surface area contributed by atoms with Crippen molar-refractivity contribution >= 4 is 0 Å². The smallest absolute Gasteiger partial charge is 0.0262 e. The second-order valence-corrected chi connectivity index (χ2v) is 2.84. The standard InChI is InChI=1S/C6H12N2/c1-8-3-2-7-5-4-6(5)8/h5-7H,2-4H2,1H3/t5-,6+/m0/s1. The van der Waals surface area contributed by atoms with E-state index in [0.29, 0.717) is 0 Å². The van der Waals surface area contributed by atoms with E-state index < -0.39 is 0 Å². The minimum atomic E-state index is 0.855. The number of rotatable bonds is 0. The molecular weight excluding hydrogens is 100 g/mol. The minimum absolute atomic E-state index is 0.855. The quantitative estimate of drug-likeness (QED) is 0.461. The van der Waals surface area contributed by atoms with Crippen LogP contribution in [0.5, 0.6) is 0 Å². The van der Waals surface area contributed by atoms with Crippen molar-refractivity contribution < 1.29 is 0 Å². The highest BCUT2D eigenvalue weighted by Gasteiger charge is 2.41. The molecule has 0 unspecified atom stereocenters. The Hall–Kier alpha value is -0.0800. The molecule has 8 heavy (non-hydrogen) atoms. The number of piperazine rings is 1. The van der Waals surface area contributed by atoms with E-state index in [9.17, 15) is 0 Å². The molecule has 2 rings (SSSR count). The molecule has 0 spiro atoms. The fraction of sp³-hybridized carbons (Fsp3) is 1.00. The van der Waals surface area contributed by atoms with E-state index in [1.165, 1.54) is 19.5 Å². The molecule has 1 heterocycles. The van der Waals surface area contributed by atoms with Crippen molar-refractivity contribution in [2.75, 3.05) is 20.1 Å². The number of nitrogens with zero attached hydrogens (tertiary/aromatic N) is 1. The number of likely N-dealkylation sites (N-methyl/N-ethyl adjacent to an activating group) is 1. The van der Waals surface area contributed by atoms with E-state index in [1.807, 2.05) is 0 Å². The molecule has 2 atom stereocenters. The van der Waals surface area contributed by atoms with Gasteiger partial charge in [-0.15, -0.1) is 0 Å². The first kappa shape index (κ1) is 4.77. The van der Waals surface area contributed by atoms with Crippen LogP contribution in [-0.4, -0.2) is 37.1 Å². The Bertz CT molecular complexity index is 103. The van der Waals surface area contributed by atoms with E-state index >= 15 is 0 Å². The van der Waals surface area contributed by atoms with Gasteiger partial charge >= 0.3 is 0 Å². The highest BCUT2D eigenvalue weighted by atomic mass is 15.3. The molecular formula is C6H12N2. The molecule has 0 radical (unpaired) electrons. The summed E-state index contributed by atoms with van der Waals surface area (Å²) in [6.07, 6.45) is 1.39. The third-order valence-electron chi connectivity index (χ3n) is 2.19. The second-order valence-electron chi connectivity index (χ2n) is 2.84. The lowest BCUT2D eigenvalue weighted by Crippen LogP contribution is -2.41. The van der Waals surface area contributed by atoms with Crippen LogP contribution in [0, 0.1) is 0 Å². The van der Waals surface area contributed by atoms with Crippen molar-refractivity contribution in [3.63, 3.8) is 0 Å². The lowest BCUT2D eigenvalue weighted by molar-refractivity contribution is 0.279. The maximum atomic E-state index is 3.44. The zero-order valence-corrected chi connectivity index (χ0v) is 5.22. The summed E-state index contributed by atoms with van der Waals surface area (Å²) < 4.78 is 0. The van der Waals surface area contributed by atoms with Crippen LogP contribution in [-0.2, 0) is 0 Å². The van der Waals surface area contributed by atoms with E-state index in [4.69, 9.17) is 0 Å². The Kier molecular flexibility index (Phi) is 0.866. The van der Waals surface area contributed by atoms with Gasteiger partial charge in [0.15, 0.2) is 0 Å². The Morgan fingerprint density at radius 2 is 2.50 bits per heavy atom. The van der Waals surface area contributed by atoms with Crippen LogP contribution >= 0.6 is 0 Å². The van der Waals surface area contributed by atoms with Gasteiger partial charge in [-0.05, 0) is 13.5 Å². The van der Waals surface area contributed by atoms with Crippen molar-refractivity contribution in [1.29, 1.82) is 0 Å². The summed E-state index contributed by atoms with van der Waals surface area (Å²) in [5, 5.41) is 3.44. The fourth-order valence-electron chi connectivity index (χ4n) is 1.48. The van der Waals surface area contributed by atoms with E-state index in [2.05, 4.69) is 17.3 Å². The maximum absolute atomic E-state index is 3.44. The fourth-order valence-corrected chi connectivity index (χ4v) is 1.48. The molecule has 46 valence electrons. The number of nitrogens with one attached hydrogen (secondary N) is 1. The normalized spacial score (nSPS) is 46.1. The molecule has 2 heteroatoms. The summed E-state index contributed by atoms with van der Waals surface area (Å²) in [6, 6.07) is 1.75.